The summed E-state index contributed by atoms with van der Waals surface area (Å²) < 4.78 is 0. The highest BCUT2D eigenvalue weighted by molar-refractivity contribution is 5.98. The number of rotatable bonds is 5. The van der Waals surface area contributed by atoms with Crippen molar-refractivity contribution in [1.29, 1.82) is 0 Å². The van der Waals surface area contributed by atoms with Crippen LogP contribution in [0.1, 0.15) is 33.6 Å². The van der Waals surface area contributed by atoms with Crippen LogP contribution in [0.15, 0.2) is 12.2 Å². The Morgan fingerprint density at radius 1 is 1.35 bits per heavy atom. The van der Waals surface area contributed by atoms with Gasteiger partial charge >= 0.3 is 0 Å². The predicted octanol–water partition coefficient (Wildman–Crippen LogP) is 1.33. The van der Waals surface area contributed by atoms with Crippen LogP contribution in [0.4, 0.5) is 0 Å². The second-order valence-corrected chi connectivity index (χ2v) is 5.42. The fraction of sp³-hybridized carbons (Fsp3) is 0.692. The summed E-state index contributed by atoms with van der Waals surface area (Å²) in [6.45, 7) is 11.6. The zero-order valence-corrected chi connectivity index (χ0v) is 11.0. The summed E-state index contributed by atoms with van der Waals surface area (Å²) in [4.78, 5) is 25.1. The molecule has 4 nitrogen and oxygen atoms in total. The topological polar surface area (TPSA) is 49.4 Å². The molecule has 0 aromatic heterocycles. The third kappa shape index (κ3) is 3.97. The van der Waals surface area contributed by atoms with E-state index in [-0.39, 0.29) is 17.2 Å². The van der Waals surface area contributed by atoms with E-state index >= 15 is 0 Å². The number of imide groups is 1. The molecule has 0 unspecified atom stereocenters. The molecule has 1 aliphatic rings. The lowest BCUT2D eigenvalue weighted by Gasteiger charge is -2.35. The van der Waals surface area contributed by atoms with Crippen LogP contribution >= 0.6 is 0 Å². The van der Waals surface area contributed by atoms with Crippen molar-refractivity contribution in [2.75, 3.05) is 19.6 Å². The van der Waals surface area contributed by atoms with Crippen molar-refractivity contribution in [1.82, 2.24) is 10.2 Å². The van der Waals surface area contributed by atoms with Crippen LogP contribution in [0, 0.1) is 5.41 Å². The summed E-state index contributed by atoms with van der Waals surface area (Å²) in [5.74, 6) is -0.159. The summed E-state index contributed by atoms with van der Waals surface area (Å²) in [6, 6.07) is 0. The third-order valence-corrected chi connectivity index (χ3v) is 2.87. The maximum Gasteiger partial charge on any atom is 0.230 e. The first-order chi connectivity index (χ1) is 7.85. The van der Waals surface area contributed by atoms with E-state index < -0.39 is 0 Å². The number of hydrogen-bond donors (Lipinski definition) is 1. The van der Waals surface area contributed by atoms with E-state index in [4.69, 9.17) is 0 Å². The van der Waals surface area contributed by atoms with Crippen LogP contribution in [-0.4, -0.2) is 36.3 Å². The molecular weight excluding hydrogens is 216 g/mol. The number of carbonyl (C=O) groups excluding carboxylic acids is 2. The van der Waals surface area contributed by atoms with Gasteiger partial charge in [0.2, 0.25) is 11.8 Å². The Hall–Kier alpha value is -1.16. The first-order valence-corrected chi connectivity index (χ1v) is 6.06. The number of carbonyl (C=O) groups is 2. The van der Waals surface area contributed by atoms with Crippen LogP contribution in [0.2, 0.25) is 0 Å². The number of likely N-dealkylation sites (N-methyl/N-ethyl adjacent to an activating group) is 1. The number of amides is 2. The van der Waals surface area contributed by atoms with Gasteiger partial charge in [-0.25, -0.2) is 0 Å². The fourth-order valence-corrected chi connectivity index (χ4v) is 1.97. The van der Waals surface area contributed by atoms with Gasteiger partial charge in [0, 0.05) is 19.4 Å². The molecule has 0 saturated carbocycles. The summed E-state index contributed by atoms with van der Waals surface area (Å²) in [6.07, 6.45) is 0.875. The lowest BCUT2D eigenvalue weighted by molar-refractivity contribution is -0.151. The standard InChI is InChI=1S/C13H22N2O2/c1-5-14-8-10(2)9-15-11(16)6-13(3,4)7-12(15)17/h14H,2,5-9H2,1,3-4H3. The molecule has 2 amide bonds. The van der Waals surface area contributed by atoms with Gasteiger partial charge in [0.05, 0.1) is 6.54 Å². The van der Waals surface area contributed by atoms with Gasteiger partial charge in [0.25, 0.3) is 0 Å². The van der Waals surface area contributed by atoms with Crippen LogP contribution in [0.3, 0.4) is 0 Å². The molecule has 0 spiro atoms. The molecule has 0 aromatic rings. The zero-order chi connectivity index (χ0) is 13.1. The molecule has 1 saturated heterocycles. The Balaban J connectivity index is 2.57. The first kappa shape index (κ1) is 13.9. The molecule has 0 radical (unpaired) electrons. The smallest absolute Gasteiger partial charge is 0.230 e. The monoisotopic (exact) mass is 238 g/mol. The summed E-state index contributed by atoms with van der Waals surface area (Å²) in [5.41, 5.74) is 0.668. The zero-order valence-electron chi connectivity index (χ0n) is 11.0. The van der Waals surface area contributed by atoms with Crippen LogP contribution in [0.25, 0.3) is 0 Å². The van der Waals surface area contributed by atoms with Crippen LogP contribution < -0.4 is 5.32 Å². The Morgan fingerprint density at radius 3 is 2.35 bits per heavy atom. The lowest BCUT2D eigenvalue weighted by atomic mass is 9.81. The Bertz CT molecular complexity index is 314. The molecule has 96 valence electrons. The normalized spacial score (nSPS) is 19.6. The first-order valence-electron chi connectivity index (χ1n) is 6.06. The Labute approximate surface area is 103 Å². The molecule has 17 heavy (non-hydrogen) atoms. The van der Waals surface area contributed by atoms with Gasteiger partial charge in [-0.2, -0.15) is 0 Å². The second-order valence-electron chi connectivity index (χ2n) is 5.42. The highest BCUT2D eigenvalue weighted by atomic mass is 16.2. The molecule has 0 bridgehead atoms. The van der Waals surface area contributed by atoms with Crippen molar-refractivity contribution in [2.24, 2.45) is 5.41 Å². The van der Waals surface area contributed by atoms with Crippen LogP contribution in [-0.2, 0) is 9.59 Å². The molecule has 1 N–H and O–H groups in total. The van der Waals surface area contributed by atoms with Crippen molar-refractivity contribution in [3.63, 3.8) is 0 Å². The van der Waals surface area contributed by atoms with Crippen molar-refractivity contribution >= 4 is 11.8 Å². The van der Waals surface area contributed by atoms with Gasteiger partial charge in [0.1, 0.15) is 0 Å². The number of nitrogens with one attached hydrogen (secondary N) is 1. The minimum absolute atomic E-state index is 0.0797. The highest BCUT2D eigenvalue weighted by Crippen LogP contribution is 2.31. The molecule has 0 aromatic carbocycles. The van der Waals surface area contributed by atoms with Gasteiger partial charge in [-0.3, -0.25) is 14.5 Å². The molecular formula is C13H22N2O2. The van der Waals surface area contributed by atoms with Crippen molar-refractivity contribution in [3.05, 3.63) is 12.2 Å². The number of hydrogen-bond acceptors (Lipinski definition) is 3. The molecule has 1 fully saturated rings. The number of nitrogens with zero attached hydrogens (tertiary/aromatic N) is 1. The van der Waals surface area contributed by atoms with E-state index in [9.17, 15) is 9.59 Å². The maximum atomic E-state index is 11.9. The molecule has 1 aliphatic heterocycles. The third-order valence-electron chi connectivity index (χ3n) is 2.87. The largest absolute Gasteiger partial charge is 0.313 e. The van der Waals surface area contributed by atoms with Crippen LogP contribution in [0.5, 0.6) is 0 Å². The Kier molecular flexibility index (Phi) is 4.46. The quantitative estimate of drug-likeness (QED) is 0.580. The van der Waals surface area contributed by atoms with Crippen molar-refractivity contribution < 1.29 is 9.59 Å². The number of likely N-dealkylation sites (tertiary alicyclic amines) is 1. The highest BCUT2D eigenvalue weighted by Gasteiger charge is 2.37. The van der Waals surface area contributed by atoms with Crippen molar-refractivity contribution in [2.45, 2.75) is 33.6 Å². The summed E-state index contributed by atoms with van der Waals surface area (Å²) in [7, 11) is 0. The van der Waals surface area contributed by atoms with E-state index in [1.807, 2.05) is 20.8 Å². The second kappa shape index (κ2) is 5.45. The average Bonchev–Trinajstić information content (AvgIpc) is 2.19. The molecule has 0 aliphatic carbocycles. The van der Waals surface area contributed by atoms with Crippen molar-refractivity contribution in [3.8, 4) is 0 Å². The van der Waals surface area contributed by atoms with E-state index in [1.165, 1.54) is 4.90 Å². The summed E-state index contributed by atoms with van der Waals surface area (Å²) in [5, 5.41) is 3.13. The number of piperidine rings is 1. The SMILES string of the molecule is C=C(CNCC)CN1C(=O)CC(C)(C)CC1=O. The average molecular weight is 238 g/mol. The Morgan fingerprint density at radius 2 is 1.88 bits per heavy atom. The predicted molar refractivity (Wildman–Crippen MR) is 67.4 cm³/mol. The van der Waals surface area contributed by atoms with Gasteiger partial charge in [0.15, 0.2) is 0 Å². The van der Waals surface area contributed by atoms with Gasteiger partial charge in [-0.05, 0) is 17.5 Å². The minimum Gasteiger partial charge on any atom is -0.313 e. The van der Waals surface area contributed by atoms with Gasteiger partial charge in [-0.1, -0.05) is 27.4 Å². The van der Waals surface area contributed by atoms with E-state index in [1.54, 1.807) is 0 Å². The van der Waals surface area contributed by atoms with E-state index in [0.717, 1.165) is 12.1 Å². The maximum absolute atomic E-state index is 11.9. The van der Waals surface area contributed by atoms with E-state index in [0.29, 0.717) is 25.9 Å². The van der Waals surface area contributed by atoms with Gasteiger partial charge in [-0.15, -0.1) is 0 Å². The minimum atomic E-state index is -0.201. The molecule has 4 heteroatoms. The molecule has 0 atom stereocenters. The lowest BCUT2D eigenvalue weighted by Crippen LogP contribution is -2.47. The fourth-order valence-electron chi connectivity index (χ4n) is 1.97. The molecule has 1 heterocycles. The molecule has 1 rings (SSSR count). The van der Waals surface area contributed by atoms with E-state index in [2.05, 4.69) is 11.9 Å². The summed E-state index contributed by atoms with van der Waals surface area (Å²) >= 11 is 0. The van der Waals surface area contributed by atoms with Gasteiger partial charge < -0.3 is 5.32 Å².